The summed E-state index contributed by atoms with van der Waals surface area (Å²) in [5.74, 6) is -2.49. The van der Waals surface area contributed by atoms with Crippen molar-refractivity contribution in [2.24, 2.45) is 16.7 Å². The molecule has 0 aromatic heterocycles. The first-order chi connectivity index (χ1) is 20.8. The molecule has 1 unspecified atom stereocenters. The Balaban J connectivity index is 0.00000576. The van der Waals surface area contributed by atoms with Gasteiger partial charge in [0.15, 0.2) is 0 Å². The van der Waals surface area contributed by atoms with Gasteiger partial charge in [0.1, 0.15) is 17.7 Å². The number of carbonyl (C=O) groups excluding carboxylic acids is 3. The van der Waals surface area contributed by atoms with Gasteiger partial charge in [-0.2, -0.15) is 12.6 Å². The van der Waals surface area contributed by atoms with Crippen LogP contribution in [0.1, 0.15) is 92.1 Å². The Morgan fingerprint density at radius 1 is 0.978 bits per heavy atom. The molecular weight excluding hydrogens is 630 g/mol. The zero-order valence-corrected chi connectivity index (χ0v) is 30.8. The Hall–Kier alpha value is -1.91. The number of halogens is 3. The highest BCUT2D eigenvalue weighted by Crippen LogP contribution is 2.43. The maximum Gasteiger partial charge on any atom is 0.244 e. The molecule has 2 saturated heterocycles. The highest BCUT2D eigenvalue weighted by atomic mass is 35.5. The fourth-order valence-electron chi connectivity index (χ4n) is 7.43. The third-order valence-corrected chi connectivity index (χ3v) is 11.3. The lowest BCUT2D eigenvalue weighted by Gasteiger charge is -2.45. The van der Waals surface area contributed by atoms with Crippen LogP contribution in [0.5, 0.6) is 0 Å². The summed E-state index contributed by atoms with van der Waals surface area (Å²) in [6, 6.07) is 2.50. The molecule has 0 spiro atoms. The van der Waals surface area contributed by atoms with Crippen molar-refractivity contribution < 1.29 is 23.2 Å². The molecule has 1 aromatic carbocycles. The first kappa shape index (κ1) is 38.5. The lowest BCUT2D eigenvalue weighted by molar-refractivity contribution is -0.147. The van der Waals surface area contributed by atoms with Gasteiger partial charge in [0.25, 0.3) is 0 Å². The van der Waals surface area contributed by atoms with Crippen molar-refractivity contribution in [1.29, 1.82) is 0 Å². The number of likely N-dealkylation sites (N-methyl/N-ethyl adjacent to an activating group) is 1. The zero-order chi connectivity index (χ0) is 33.6. The Kier molecular flexibility index (Phi) is 12.0. The summed E-state index contributed by atoms with van der Waals surface area (Å²) in [6.45, 7) is 15.6. The van der Waals surface area contributed by atoms with E-state index in [0.717, 1.165) is 31.7 Å². The number of hydrogen-bond donors (Lipinski definition) is 1. The summed E-state index contributed by atoms with van der Waals surface area (Å²) in [4.78, 5) is 50.0. The van der Waals surface area contributed by atoms with Gasteiger partial charge in [-0.25, -0.2) is 8.78 Å². The second kappa shape index (κ2) is 14.3. The molecule has 2 heterocycles. The molecule has 2 aliphatic heterocycles. The summed E-state index contributed by atoms with van der Waals surface area (Å²) < 4.78 is 29.1. The van der Waals surface area contributed by atoms with Crippen LogP contribution in [-0.4, -0.2) is 100 Å². The van der Waals surface area contributed by atoms with Gasteiger partial charge in [0.05, 0.1) is 17.4 Å². The molecule has 0 N–H and O–H groups in total. The third-order valence-electron chi connectivity index (χ3n) is 10.5. The van der Waals surface area contributed by atoms with E-state index < -0.39 is 34.9 Å². The van der Waals surface area contributed by atoms with Crippen LogP contribution in [0.3, 0.4) is 0 Å². The average molecular weight is 685 g/mol. The fraction of sp³-hybridized carbons (Fsp3) is 0.743. The number of thiol groups is 1. The molecule has 260 valence electrons. The van der Waals surface area contributed by atoms with Gasteiger partial charge >= 0.3 is 0 Å². The maximum atomic E-state index is 15.2. The van der Waals surface area contributed by atoms with E-state index in [1.54, 1.807) is 19.0 Å². The lowest BCUT2D eigenvalue weighted by Crippen LogP contribution is -2.55. The van der Waals surface area contributed by atoms with E-state index in [1.165, 1.54) is 17.0 Å². The number of benzene rings is 1. The van der Waals surface area contributed by atoms with Gasteiger partial charge in [-0.05, 0) is 69.9 Å². The first-order valence-electron chi connectivity index (χ1n) is 16.4. The number of nitrogens with zero attached hydrogens (tertiary/aromatic N) is 4. The highest BCUT2D eigenvalue weighted by Gasteiger charge is 2.52. The number of likely N-dealkylation sites (tertiary alicyclic amines) is 2. The van der Waals surface area contributed by atoms with Gasteiger partial charge in [-0.15, -0.1) is 12.4 Å². The summed E-state index contributed by atoms with van der Waals surface area (Å²) in [5.41, 5.74) is -0.479. The average Bonchev–Trinajstić information content (AvgIpc) is 3.59. The van der Waals surface area contributed by atoms with Crippen molar-refractivity contribution in [1.82, 2.24) is 19.6 Å². The predicted molar refractivity (Wildman–Crippen MR) is 184 cm³/mol. The van der Waals surface area contributed by atoms with Crippen LogP contribution in [0.2, 0.25) is 0 Å². The molecule has 7 nitrogen and oxygen atoms in total. The van der Waals surface area contributed by atoms with Crippen LogP contribution in [0.15, 0.2) is 18.2 Å². The zero-order valence-electron chi connectivity index (χ0n) is 29.1. The fourth-order valence-corrected chi connectivity index (χ4v) is 7.57. The molecule has 3 amide bonds. The van der Waals surface area contributed by atoms with Gasteiger partial charge in [-0.3, -0.25) is 19.3 Å². The largest absolute Gasteiger partial charge is 0.347 e. The Morgan fingerprint density at radius 2 is 1.59 bits per heavy atom. The van der Waals surface area contributed by atoms with Crippen molar-refractivity contribution in [3.05, 3.63) is 35.4 Å². The molecule has 4 atom stereocenters. The normalized spacial score (nSPS) is 25.7. The summed E-state index contributed by atoms with van der Waals surface area (Å²) in [7, 11) is 3.37. The van der Waals surface area contributed by atoms with Crippen molar-refractivity contribution in [3.8, 4) is 0 Å². The molecule has 1 saturated carbocycles. The topological polar surface area (TPSA) is 64.2 Å². The van der Waals surface area contributed by atoms with E-state index in [2.05, 4.69) is 52.1 Å². The molecule has 0 bridgehead atoms. The van der Waals surface area contributed by atoms with Gasteiger partial charge in [-0.1, -0.05) is 33.8 Å². The summed E-state index contributed by atoms with van der Waals surface area (Å²) in [6.07, 6.45) is 4.07. The smallest absolute Gasteiger partial charge is 0.244 e. The second-order valence-electron chi connectivity index (χ2n) is 16.2. The van der Waals surface area contributed by atoms with E-state index in [-0.39, 0.29) is 59.7 Å². The standard InChI is InChI=1S/C35H54F2N4O3S.ClH/c1-33(2,3)39-19-26(25-11-10-22(36)16-28(25)37)27(20-39)30(42)40-18-24(17-29(40)31(43)38(8)9)41(32(44)35(6,7)21-45)23-12-14-34(4,5)15-13-23;/h10-11,16,23-24,26-27,29,45H,12-15,17-21H2,1-9H3;1H/t24-,26-,27?,29-;/m0./s1. The van der Waals surface area contributed by atoms with Crippen LogP contribution in [0.4, 0.5) is 8.78 Å². The van der Waals surface area contributed by atoms with E-state index in [0.29, 0.717) is 30.8 Å². The SMILES string of the molecule is CN(C)C(=O)[C@@H]1C[C@H](N(C(=O)C(C)(C)CS)C2CCC(C)(C)CC2)CN1C(=O)C1CN(C(C)(C)C)C[C@H]1c1ccc(F)cc1F.Cl. The number of rotatable bonds is 7. The van der Waals surface area contributed by atoms with Crippen LogP contribution < -0.4 is 0 Å². The van der Waals surface area contributed by atoms with Crippen molar-refractivity contribution in [2.75, 3.05) is 39.5 Å². The first-order valence-corrected chi connectivity index (χ1v) is 17.1. The van der Waals surface area contributed by atoms with E-state index in [4.69, 9.17) is 0 Å². The molecular formula is C35H55ClF2N4O3S. The van der Waals surface area contributed by atoms with Crippen molar-refractivity contribution in [3.63, 3.8) is 0 Å². The highest BCUT2D eigenvalue weighted by molar-refractivity contribution is 7.80. The summed E-state index contributed by atoms with van der Waals surface area (Å²) >= 11 is 4.51. The molecule has 3 fully saturated rings. The van der Waals surface area contributed by atoms with Gasteiger partial charge < -0.3 is 14.7 Å². The molecule has 4 rings (SSSR count). The molecule has 3 aliphatic rings. The third kappa shape index (κ3) is 8.03. The minimum Gasteiger partial charge on any atom is -0.347 e. The van der Waals surface area contributed by atoms with Gasteiger partial charge in [0.2, 0.25) is 17.7 Å². The molecule has 46 heavy (non-hydrogen) atoms. The van der Waals surface area contributed by atoms with E-state index in [9.17, 15) is 18.8 Å². The van der Waals surface area contributed by atoms with Crippen LogP contribution in [0, 0.1) is 28.4 Å². The van der Waals surface area contributed by atoms with Crippen LogP contribution >= 0.6 is 25.0 Å². The molecule has 11 heteroatoms. The van der Waals surface area contributed by atoms with Crippen molar-refractivity contribution >= 4 is 42.8 Å². The Morgan fingerprint density at radius 3 is 2.11 bits per heavy atom. The second-order valence-corrected chi connectivity index (χ2v) is 16.5. The Labute approximate surface area is 286 Å². The molecule has 1 aromatic rings. The summed E-state index contributed by atoms with van der Waals surface area (Å²) in [5, 5.41) is 0. The van der Waals surface area contributed by atoms with E-state index in [1.807, 2.05) is 18.7 Å². The minimum atomic E-state index is -0.741. The van der Waals surface area contributed by atoms with E-state index >= 15 is 4.39 Å². The molecule has 0 radical (unpaired) electrons. The molecule has 1 aliphatic carbocycles. The van der Waals surface area contributed by atoms with Crippen molar-refractivity contribution in [2.45, 2.75) is 110 Å². The predicted octanol–water partition coefficient (Wildman–Crippen LogP) is 6.01. The van der Waals surface area contributed by atoms with Gasteiger partial charge in [0, 0.05) is 63.0 Å². The monoisotopic (exact) mass is 684 g/mol. The van der Waals surface area contributed by atoms with Crippen LogP contribution in [0.25, 0.3) is 0 Å². The lowest BCUT2D eigenvalue weighted by atomic mass is 9.74. The number of hydrogen-bond acceptors (Lipinski definition) is 5. The minimum absolute atomic E-state index is 0. The maximum absolute atomic E-state index is 15.2. The number of amides is 3. The number of carbonyl (C=O) groups is 3. The Bertz CT molecular complexity index is 1280. The van der Waals surface area contributed by atoms with Crippen LogP contribution in [-0.2, 0) is 14.4 Å². The quantitative estimate of drug-likeness (QED) is 0.358.